The van der Waals surface area contributed by atoms with Crippen LogP contribution in [-0.2, 0) is 0 Å². The van der Waals surface area contributed by atoms with Crippen LogP contribution in [0.4, 0.5) is 5.13 Å². The van der Waals surface area contributed by atoms with E-state index in [9.17, 15) is 0 Å². The van der Waals surface area contributed by atoms with Crippen molar-refractivity contribution in [1.29, 1.82) is 0 Å². The average molecular weight is 453 g/mol. The minimum atomic E-state index is 0.879. The van der Waals surface area contributed by atoms with Crippen LogP contribution in [0.2, 0.25) is 0 Å². The first-order valence-corrected chi connectivity index (χ1v) is 8.72. The van der Waals surface area contributed by atoms with Gasteiger partial charge in [0.25, 0.3) is 0 Å². The predicted octanol–water partition coefficient (Wildman–Crippen LogP) is 4.03. The molecular weight excluding hydrogens is 435 g/mol. The van der Waals surface area contributed by atoms with Gasteiger partial charge < -0.3 is 0 Å². The molecular formula is C14H17N2PbS. The number of rotatable bonds is 2. The van der Waals surface area contributed by atoms with Crippen molar-refractivity contribution in [2.75, 3.05) is 0 Å². The van der Waals surface area contributed by atoms with Gasteiger partial charge in [0.1, 0.15) is 0 Å². The fraction of sp³-hybridized carbons (Fsp3) is 0.286. The van der Waals surface area contributed by atoms with Crippen LogP contribution in [-0.4, -0.2) is 34.0 Å². The van der Waals surface area contributed by atoms with Gasteiger partial charge in [-0.25, -0.2) is 0 Å². The Morgan fingerprint density at radius 1 is 1.17 bits per heavy atom. The summed E-state index contributed by atoms with van der Waals surface area (Å²) in [5, 5.41) is 0.879. The summed E-state index contributed by atoms with van der Waals surface area (Å²) in [6.07, 6.45) is 0. The van der Waals surface area contributed by atoms with Crippen LogP contribution < -0.4 is 0 Å². The van der Waals surface area contributed by atoms with Gasteiger partial charge in [0, 0.05) is 0 Å². The molecule has 0 N–H and O–H groups in total. The normalized spacial score (nSPS) is 10.8. The van der Waals surface area contributed by atoms with Gasteiger partial charge in [0.15, 0.2) is 0 Å². The van der Waals surface area contributed by atoms with E-state index in [1.165, 1.54) is 10.4 Å². The first-order valence-electron chi connectivity index (χ1n) is 5.96. The summed E-state index contributed by atoms with van der Waals surface area (Å²) in [4.78, 5) is 10.3. The molecule has 0 fully saturated rings. The van der Waals surface area contributed by atoms with Gasteiger partial charge in [-0.2, -0.15) is 0 Å². The van der Waals surface area contributed by atoms with E-state index >= 15 is 0 Å². The monoisotopic (exact) mass is 453 g/mol. The van der Waals surface area contributed by atoms with E-state index in [4.69, 9.17) is 0 Å². The van der Waals surface area contributed by atoms with E-state index in [1.807, 2.05) is 39.0 Å². The third kappa shape index (κ3) is 4.28. The van der Waals surface area contributed by atoms with Crippen LogP contribution >= 0.6 is 11.3 Å². The van der Waals surface area contributed by atoms with Crippen LogP contribution in [0.5, 0.6) is 0 Å². The van der Waals surface area contributed by atoms with Crippen molar-refractivity contribution in [2.45, 2.75) is 27.7 Å². The molecule has 18 heavy (non-hydrogen) atoms. The number of aryl methyl sites for hydroxylation is 2. The first-order chi connectivity index (χ1) is 8.66. The molecule has 0 amide bonds. The minimum absolute atomic E-state index is 0.879. The number of hydrogen-bond acceptors (Lipinski definition) is 3. The zero-order chi connectivity index (χ0) is 13.5. The van der Waals surface area contributed by atoms with Crippen LogP contribution in [0, 0.1) is 13.8 Å². The molecule has 0 saturated carbocycles. The topological polar surface area (TPSA) is 25.2 Å². The van der Waals surface area contributed by atoms with E-state index in [0.29, 0.717) is 0 Å². The summed E-state index contributed by atoms with van der Waals surface area (Å²) in [5.74, 6) is 0. The molecule has 0 unspecified atom stereocenters. The Morgan fingerprint density at radius 3 is 2.28 bits per heavy atom. The molecule has 0 aliphatic carbocycles. The van der Waals surface area contributed by atoms with E-state index in [-0.39, 0.29) is 0 Å². The number of benzene rings is 1. The standard InChI is InChI=1S/C12H11N2S.C2H6.Pb/c1-9-10(2)15-12(14-9)13-8-11-6-4-3-5-7-11;1-2;/h3-7H,1-2H3;1-2H3;. The number of aliphatic imine (C=N–C) groups is 1. The maximum absolute atomic E-state index is 4.60. The van der Waals surface area contributed by atoms with Crippen molar-refractivity contribution in [3.05, 3.63) is 46.5 Å². The SMILES string of the molecule is CC.Cc1nc(/N=[C](\[Pb])c2ccccc2)sc1C. The molecule has 93 valence electrons. The van der Waals surface area contributed by atoms with E-state index in [1.54, 1.807) is 11.3 Å². The number of hydrogen-bond donors (Lipinski definition) is 0. The molecule has 2 aromatic rings. The Labute approximate surface area is 129 Å². The van der Waals surface area contributed by atoms with Crippen molar-refractivity contribution >= 4 is 45.5 Å². The molecule has 3 radical (unpaired) electrons. The molecule has 1 heterocycles. The Balaban J connectivity index is 0.000000771. The second kappa shape index (κ2) is 7.78. The molecule has 1 aromatic heterocycles. The van der Waals surface area contributed by atoms with Gasteiger partial charge >= 0.3 is 116 Å². The van der Waals surface area contributed by atoms with Gasteiger partial charge in [-0.3, -0.25) is 0 Å². The van der Waals surface area contributed by atoms with Crippen molar-refractivity contribution in [3.63, 3.8) is 0 Å². The molecule has 0 atom stereocenters. The zero-order valence-corrected chi connectivity index (χ0v) is 15.9. The Hall–Kier alpha value is -0.558. The molecule has 0 aliphatic rings. The van der Waals surface area contributed by atoms with Gasteiger partial charge in [0.2, 0.25) is 0 Å². The number of nitrogens with zero attached hydrogens (tertiary/aromatic N) is 2. The molecule has 0 aliphatic heterocycles. The number of thiazole rings is 1. The molecule has 4 heteroatoms. The third-order valence-electron chi connectivity index (χ3n) is 2.27. The Morgan fingerprint density at radius 2 is 1.78 bits per heavy atom. The van der Waals surface area contributed by atoms with Crippen LogP contribution in [0.1, 0.15) is 30.0 Å². The molecule has 0 saturated heterocycles. The summed E-state index contributed by atoms with van der Waals surface area (Å²) < 4.78 is 1.15. The molecule has 2 rings (SSSR count). The zero-order valence-electron chi connectivity index (χ0n) is 11.2. The first kappa shape index (κ1) is 15.5. The summed E-state index contributed by atoms with van der Waals surface area (Å²) in [5.41, 5.74) is 2.30. The fourth-order valence-electron chi connectivity index (χ4n) is 1.26. The van der Waals surface area contributed by atoms with Gasteiger partial charge in [0.05, 0.1) is 0 Å². The van der Waals surface area contributed by atoms with Gasteiger partial charge in [-0.05, 0) is 0 Å². The van der Waals surface area contributed by atoms with Crippen molar-refractivity contribution in [3.8, 4) is 0 Å². The summed E-state index contributed by atoms with van der Waals surface area (Å²) in [6.45, 7) is 8.11. The van der Waals surface area contributed by atoms with Crippen LogP contribution in [0.3, 0.4) is 0 Å². The molecule has 1 aromatic carbocycles. The number of aromatic nitrogens is 1. The van der Waals surface area contributed by atoms with Crippen LogP contribution in [0.15, 0.2) is 35.3 Å². The van der Waals surface area contributed by atoms with Gasteiger partial charge in [-0.15, -0.1) is 0 Å². The molecule has 2 nitrogen and oxygen atoms in total. The summed E-state index contributed by atoms with van der Waals surface area (Å²) in [7, 11) is 0. The quantitative estimate of drug-likeness (QED) is 0.499. The predicted molar refractivity (Wildman–Crippen MR) is 81.3 cm³/mol. The van der Waals surface area contributed by atoms with Crippen LogP contribution in [0.25, 0.3) is 0 Å². The van der Waals surface area contributed by atoms with Crippen molar-refractivity contribution < 1.29 is 0 Å². The third-order valence-corrected chi connectivity index (χ3v) is 4.80. The van der Waals surface area contributed by atoms with E-state index < -0.39 is 0 Å². The Bertz CT molecular complexity index is 498. The molecule has 0 spiro atoms. The van der Waals surface area contributed by atoms with Crippen molar-refractivity contribution in [1.82, 2.24) is 4.98 Å². The van der Waals surface area contributed by atoms with E-state index in [2.05, 4.69) is 29.0 Å². The van der Waals surface area contributed by atoms with Gasteiger partial charge in [-0.1, -0.05) is 13.8 Å². The summed E-state index contributed by atoms with van der Waals surface area (Å²) >= 11 is 2.60. The average Bonchev–Trinajstić information content (AvgIpc) is 2.71. The second-order valence-corrected chi connectivity index (χ2v) is 6.49. The maximum atomic E-state index is 4.60. The van der Waals surface area contributed by atoms with Crippen molar-refractivity contribution in [2.24, 2.45) is 4.99 Å². The summed E-state index contributed by atoms with van der Waals surface area (Å²) in [6, 6.07) is 10.3. The Kier molecular flexibility index (Phi) is 6.70. The fourth-order valence-corrected chi connectivity index (χ4v) is 3.42. The molecule has 0 bridgehead atoms. The second-order valence-electron chi connectivity index (χ2n) is 3.46. The van der Waals surface area contributed by atoms with E-state index in [0.717, 1.165) is 39.9 Å².